The van der Waals surface area contributed by atoms with Crippen LogP contribution in [0.3, 0.4) is 0 Å². The van der Waals surface area contributed by atoms with Gasteiger partial charge in [0.15, 0.2) is 0 Å². The van der Waals surface area contributed by atoms with Crippen LogP contribution in [0.4, 0.5) is 0 Å². The smallest absolute Gasteiger partial charge is 0.249 e. The lowest BCUT2D eigenvalue weighted by Crippen LogP contribution is -2.36. The van der Waals surface area contributed by atoms with E-state index in [1.54, 1.807) is 24.5 Å². The largest absolute Gasteiger partial charge is 0.343 e. The second-order valence-electron chi connectivity index (χ2n) is 4.69. The lowest BCUT2D eigenvalue weighted by atomic mass is 10.0. The summed E-state index contributed by atoms with van der Waals surface area (Å²) in [6.45, 7) is 3.84. The van der Waals surface area contributed by atoms with Gasteiger partial charge in [-0.25, -0.2) is 0 Å². The molecule has 0 saturated heterocycles. The molecular formula is C13H17N5O2. The molecule has 0 spiro atoms. The normalized spacial score (nSPS) is 12.4. The number of hydrogen-bond donors (Lipinski definition) is 2. The van der Waals surface area contributed by atoms with Gasteiger partial charge in [-0.2, -0.15) is 4.98 Å². The molecule has 2 heterocycles. The first kappa shape index (κ1) is 14.1. The van der Waals surface area contributed by atoms with E-state index in [1.807, 2.05) is 13.8 Å². The number of amides is 1. The summed E-state index contributed by atoms with van der Waals surface area (Å²) in [5, 5.41) is 6.70. The molecule has 0 saturated carbocycles. The number of nitrogens with one attached hydrogen (secondary N) is 1. The van der Waals surface area contributed by atoms with E-state index >= 15 is 0 Å². The Kier molecular flexibility index (Phi) is 4.41. The number of rotatable bonds is 5. The molecule has 0 aliphatic heterocycles. The van der Waals surface area contributed by atoms with Crippen LogP contribution in [-0.2, 0) is 4.79 Å². The van der Waals surface area contributed by atoms with Gasteiger partial charge in [0.05, 0.1) is 6.54 Å². The van der Waals surface area contributed by atoms with Gasteiger partial charge >= 0.3 is 0 Å². The zero-order valence-corrected chi connectivity index (χ0v) is 11.4. The fraction of sp³-hybridized carbons (Fsp3) is 0.385. The van der Waals surface area contributed by atoms with E-state index in [2.05, 4.69) is 20.4 Å². The van der Waals surface area contributed by atoms with Crippen molar-refractivity contribution in [1.82, 2.24) is 20.4 Å². The van der Waals surface area contributed by atoms with Crippen LogP contribution in [0, 0.1) is 5.92 Å². The van der Waals surface area contributed by atoms with E-state index in [0.717, 1.165) is 5.56 Å². The molecule has 2 aromatic rings. The average Bonchev–Trinajstić information content (AvgIpc) is 2.94. The van der Waals surface area contributed by atoms with Gasteiger partial charge in [-0.15, -0.1) is 0 Å². The number of aromatic nitrogens is 3. The van der Waals surface area contributed by atoms with Gasteiger partial charge in [0.2, 0.25) is 17.6 Å². The van der Waals surface area contributed by atoms with Crippen molar-refractivity contribution in [2.75, 3.05) is 6.54 Å². The molecule has 0 radical (unpaired) electrons. The Bertz CT molecular complexity index is 567. The highest BCUT2D eigenvalue weighted by Crippen LogP contribution is 2.23. The summed E-state index contributed by atoms with van der Waals surface area (Å²) >= 11 is 0. The predicted molar refractivity (Wildman–Crippen MR) is 72.3 cm³/mol. The fourth-order valence-corrected chi connectivity index (χ4v) is 1.73. The number of carbonyl (C=O) groups excluding carboxylic acids is 1. The molecule has 0 aromatic carbocycles. The Hall–Kier alpha value is -2.28. The van der Waals surface area contributed by atoms with Crippen LogP contribution in [0.2, 0.25) is 0 Å². The van der Waals surface area contributed by atoms with Gasteiger partial charge in [-0.1, -0.05) is 19.0 Å². The van der Waals surface area contributed by atoms with Crippen LogP contribution in [0.25, 0.3) is 11.4 Å². The van der Waals surface area contributed by atoms with Crippen molar-refractivity contribution in [1.29, 1.82) is 0 Å². The predicted octanol–water partition coefficient (Wildman–Crippen LogP) is 0.904. The number of pyridine rings is 1. The Morgan fingerprint density at radius 3 is 2.70 bits per heavy atom. The summed E-state index contributed by atoms with van der Waals surface area (Å²) in [6.07, 6.45) is 3.31. The Labute approximate surface area is 116 Å². The Morgan fingerprint density at radius 2 is 2.10 bits per heavy atom. The molecule has 0 bridgehead atoms. The third kappa shape index (κ3) is 3.18. The first-order valence-electron chi connectivity index (χ1n) is 6.35. The van der Waals surface area contributed by atoms with Crippen molar-refractivity contribution in [3.05, 3.63) is 30.4 Å². The minimum absolute atomic E-state index is 0.0748. The van der Waals surface area contributed by atoms with E-state index in [1.165, 1.54) is 0 Å². The van der Waals surface area contributed by atoms with E-state index in [4.69, 9.17) is 10.3 Å². The molecule has 3 N–H and O–H groups in total. The molecule has 0 aliphatic carbocycles. The fourth-order valence-electron chi connectivity index (χ4n) is 1.73. The summed E-state index contributed by atoms with van der Waals surface area (Å²) in [4.78, 5) is 19.7. The molecule has 2 aromatic heterocycles. The van der Waals surface area contributed by atoms with E-state index in [9.17, 15) is 4.79 Å². The van der Waals surface area contributed by atoms with E-state index in [-0.39, 0.29) is 24.4 Å². The van der Waals surface area contributed by atoms with Crippen molar-refractivity contribution in [2.45, 2.75) is 19.9 Å². The van der Waals surface area contributed by atoms with E-state index in [0.29, 0.717) is 11.7 Å². The molecule has 2 rings (SSSR count). The van der Waals surface area contributed by atoms with Crippen LogP contribution in [0.5, 0.6) is 0 Å². The van der Waals surface area contributed by atoms with Crippen molar-refractivity contribution < 1.29 is 9.32 Å². The third-order valence-corrected chi connectivity index (χ3v) is 2.81. The van der Waals surface area contributed by atoms with Crippen molar-refractivity contribution >= 4 is 5.91 Å². The second-order valence-corrected chi connectivity index (χ2v) is 4.69. The molecular weight excluding hydrogens is 258 g/mol. The highest BCUT2D eigenvalue weighted by atomic mass is 16.5. The van der Waals surface area contributed by atoms with Crippen LogP contribution in [0.1, 0.15) is 25.8 Å². The maximum Gasteiger partial charge on any atom is 0.249 e. The summed E-state index contributed by atoms with van der Waals surface area (Å²) < 4.78 is 5.25. The molecule has 20 heavy (non-hydrogen) atoms. The molecule has 7 nitrogen and oxygen atoms in total. The molecule has 7 heteroatoms. The lowest BCUT2D eigenvalue weighted by molar-refractivity contribution is -0.121. The maximum absolute atomic E-state index is 11.4. The minimum Gasteiger partial charge on any atom is -0.343 e. The van der Waals surface area contributed by atoms with Crippen LogP contribution in [0.15, 0.2) is 29.0 Å². The van der Waals surface area contributed by atoms with Crippen molar-refractivity contribution in [3.63, 3.8) is 0 Å². The quantitative estimate of drug-likeness (QED) is 0.839. The van der Waals surface area contributed by atoms with E-state index < -0.39 is 0 Å². The number of hydrogen-bond acceptors (Lipinski definition) is 6. The molecule has 1 amide bonds. The van der Waals surface area contributed by atoms with Gasteiger partial charge in [-0.05, 0) is 18.1 Å². The van der Waals surface area contributed by atoms with Crippen LogP contribution >= 0.6 is 0 Å². The number of carbonyl (C=O) groups is 1. The zero-order chi connectivity index (χ0) is 14.5. The van der Waals surface area contributed by atoms with Crippen molar-refractivity contribution in [3.8, 4) is 11.4 Å². The van der Waals surface area contributed by atoms with Crippen LogP contribution in [-0.4, -0.2) is 27.6 Å². The van der Waals surface area contributed by atoms with Crippen LogP contribution < -0.4 is 11.1 Å². The lowest BCUT2D eigenvalue weighted by Gasteiger charge is -2.17. The standard InChI is InChI=1S/C13H17N5O2/c1-8(2)11(16-10(19)7-14)13-17-12(18-20-13)9-3-5-15-6-4-9/h3-6,8,11H,7,14H2,1-2H3,(H,16,19). The van der Waals surface area contributed by atoms with Gasteiger partial charge in [-0.3, -0.25) is 9.78 Å². The summed E-state index contributed by atoms with van der Waals surface area (Å²) in [7, 11) is 0. The Morgan fingerprint density at radius 1 is 1.40 bits per heavy atom. The summed E-state index contributed by atoms with van der Waals surface area (Å²) in [6, 6.07) is 3.23. The topological polar surface area (TPSA) is 107 Å². The molecule has 0 fully saturated rings. The van der Waals surface area contributed by atoms with Crippen molar-refractivity contribution in [2.24, 2.45) is 11.7 Å². The first-order chi connectivity index (χ1) is 9.61. The van der Waals surface area contributed by atoms with Gasteiger partial charge < -0.3 is 15.6 Å². The Balaban J connectivity index is 2.23. The second kappa shape index (κ2) is 6.25. The highest BCUT2D eigenvalue weighted by molar-refractivity contribution is 5.78. The van der Waals surface area contributed by atoms with Gasteiger partial charge in [0, 0.05) is 18.0 Å². The monoisotopic (exact) mass is 275 g/mol. The third-order valence-electron chi connectivity index (χ3n) is 2.81. The summed E-state index contributed by atoms with van der Waals surface area (Å²) in [5.41, 5.74) is 6.12. The maximum atomic E-state index is 11.4. The molecule has 1 atom stereocenters. The molecule has 106 valence electrons. The number of nitrogens with two attached hydrogens (primary N) is 1. The SMILES string of the molecule is CC(C)C(NC(=O)CN)c1nc(-c2ccncc2)no1. The molecule has 1 unspecified atom stereocenters. The molecule has 0 aliphatic rings. The number of nitrogens with zero attached hydrogens (tertiary/aromatic N) is 3. The average molecular weight is 275 g/mol. The minimum atomic E-state index is -0.353. The highest BCUT2D eigenvalue weighted by Gasteiger charge is 2.24. The van der Waals surface area contributed by atoms with Gasteiger partial charge in [0.1, 0.15) is 6.04 Å². The first-order valence-corrected chi connectivity index (χ1v) is 6.35. The zero-order valence-electron chi connectivity index (χ0n) is 11.4. The van der Waals surface area contributed by atoms with Gasteiger partial charge in [0.25, 0.3) is 0 Å². The summed E-state index contributed by atoms with van der Waals surface area (Å²) in [5.74, 6) is 0.687.